The van der Waals surface area contributed by atoms with Crippen LogP contribution in [0.1, 0.15) is 11.4 Å². The van der Waals surface area contributed by atoms with Gasteiger partial charge in [0.15, 0.2) is 0 Å². The highest BCUT2D eigenvalue weighted by atomic mass is 16.5. The highest BCUT2D eigenvalue weighted by molar-refractivity contribution is 5.30. The number of nitrogens with zero attached hydrogens (tertiary/aromatic N) is 5. The molecule has 0 N–H and O–H groups in total. The molecule has 0 unspecified atom stereocenters. The maximum atomic E-state index is 6.25. The quantitative estimate of drug-likeness (QED) is 0.822. The standard InChI is InChI=1S/C19H25N5O2/c1-16-4-2-5-17(22-16)12-23-8-11-26-19(13-23)14-24(9-10-25-15-19)18-20-6-3-7-21-18/h2-7H,8-15H2,1H3/t19-/m1/s1. The Balaban J connectivity index is 1.49. The summed E-state index contributed by atoms with van der Waals surface area (Å²) in [5.74, 6) is 0.735. The SMILES string of the molecule is Cc1cccc(CN2CCO[C@]3(COCCN(c4ncccn4)C3)C2)n1. The van der Waals surface area contributed by atoms with Gasteiger partial charge in [0, 0.05) is 44.3 Å². The van der Waals surface area contributed by atoms with E-state index in [2.05, 4.69) is 36.9 Å². The molecule has 7 heteroatoms. The second-order valence-electron chi connectivity index (χ2n) is 7.04. The number of morpholine rings is 1. The summed E-state index contributed by atoms with van der Waals surface area (Å²) in [7, 11) is 0. The predicted octanol–water partition coefficient (Wildman–Crippen LogP) is 1.29. The van der Waals surface area contributed by atoms with Crippen molar-refractivity contribution in [3.8, 4) is 0 Å². The lowest BCUT2D eigenvalue weighted by Crippen LogP contribution is -2.58. The average molecular weight is 355 g/mol. The monoisotopic (exact) mass is 355 g/mol. The maximum absolute atomic E-state index is 6.25. The van der Waals surface area contributed by atoms with Gasteiger partial charge in [-0.3, -0.25) is 9.88 Å². The van der Waals surface area contributed by atoms with Crippen LogP contribution in [0.15, 0.2) is 36.7 Å². The summed E-state index contributed by atoms with van der Waals surface area (Å²) in [6.07, 6.45) is 3.55. The normalized spacial score (nSPS) is 24.6. The minimum absolute atomic E-state index is 0.363. The molecule has 26 heavy (non-hydrogen) atoms. The molecule has 0 bridgehead atoms. The number of ether oxygens (including phenoxy) is 2. The third kappa shape index (κ3) is 4.00. The molecule has 2 aliphatic rings. The molecule has 2 fully saturated rings. The maximum Gasteiger partial charge on any atom is 0.225 e. The van der Waals surface area contributed by atoms with Crippen LogP contribution in [-0.4, -0.2) is 71.5 Å². The summed E-state index contributed by atoms with van der Waals surface area (Å²) in [4.78, 5) is 18.0. The van der Waals surface area contributed by atoms with Crippen LogP contribution in [0.5, 0.6) is 0 Å². The largest absolute Gasteiger partial charge is 0.376 e. The van der Waals surface area contributed by atoms with Crippen LogP contribution in [-0.2, 0) is 16.0 Å². The molecule has 1 spiro atoms. The minimum Gasteiger partial charge on any atom is -0.376 e. The Morgan fingerprint density at radius 2 is 1.96 bits per heavy atom. The Labute approximate surface area is 154 Å². The van der Waals surface area contributed by atoms with E-state index in [0.717, 1.165) is 50.1 Å². The van der Waals surface area contributed by atoms with Crippen LogP contribution in [0.2, 0.25) is 0 Å². The first-order valence-corrected chi connectivity index (χ1v) is 9.11. The van der Waals surface area contributed by atoms with E-state index >= 15 is 0 Å². The van der Waals surface area contributed by atoms with Crippen LogP contribution in [0.25, 0.3) is 0 Å². The fourth-order valence-corrected chi connectivity index (χ4v) is 3.69. The van der Waals surface area contributed by atoms with Crippen molar-refractivity contribution in [3.63, 3.8) is 0 Å². The molecular formula is C19H25N5O2. The van der Waals surface area contributed by atoms with Gasteiger partial charge in [-0.1, -0.05) is 6.07 Å². The molecule has 0 saturated carbocycles. The number of hydrogen-bond donors (Lipinski definition) is 0. The highest BCUT2D eigenvalue weighted by Gasteiger charge is 2.41. The number of hydrogen-bond acceptors (Lipinski definition) is 7. The second kappa shape index (κ2) is 7.65. The van der Waals surface area contributed by atoms with Gasteiger partial charge >= 0.3 is 0 Å². The van der Waals surface area contributed by atoms with Gasteiger partial charge in [-0.05, 0) is 25.1 Å². The van der Waals surface area contributed by atoms with Gasteiger partial charge in [-0.25, -0.2) is 9.97 Å². The third-order valence-electron chi connectivity index (χ3n) is 4.84. The Kier molecular flexibility index (Phi) is 5.10. The van der Waals surface area contributed by atoms with Gasteiger partial charge in [0.25, 0.3) is 0 Å². The van der Waals surface area contributed by atoms with Gasteiger partial charge < -0.3 is 14.4 Å². The molecule has 0 radical (unpaired) electrons. The first kappa shape index (κ1) is 17.3. The molecule has 4 heterocycles. The lowest BCUT2D eigenvalue weighted by atomic mass is 10.0. The molecule has 2 aliphatic heterocycles. The average Bonchev–Trinajstić information content (AvgIpc) is 2.85. The fraction of sp³-hybridized carbons (Fsp3) is 0.526. The van der Waals surface area contributed by atoms with Gasteiger partial charge in [0.2, 0.25) is 5.95 Å². The van der Waals surface area contributed by atoms with Gasteiger partial charge in [-0.2, -0.15) is 0 Å². The Hall–Kier alpha value is -2.09. The minimum atomic E-state index is -0.363. The first-order chi connectivity index (χ1) is 12.7. The fourth-order valence-electron chi connectivity index (χ4n) is 3.69. The molecule has 4 rings (SSSR count). The van der Waals surface area contributed by atoms with E-state index in [1.54, 1.807) is 12.4 Å². The zero-order chi connectivity index (χ0) is 17.8. The number of aryl methyl sites for hydroxylation is 1. The molecule has 2 aromatic rings. The van der Waals surface area contributed by atoms with Crippen molar-refractivity contribution in [1.29, 1.82) is 0 Å². The van der Waals surface area contributed by atoms with Crippen LogP contribution < -0.4 is 4.90 Å². The van der Waals surface area contributed by atoms with Gasteiger partial charge in [0.1, 0.15) is 5.60 Å². The highest BCUT2D eigenvalue weighted by Crippen LogP contribution is 2.25. The summed E-state index contributed by atoms with van der Waals surface area (Å²) >= 11 is 0. The topological polar surface area (TPSA) is 63.6 Å². The lowest BCUT2D eigenvalue weighted by Gasteiger charge is -2.43. The molecular weight excluding hydrogens is 330 g/mol. The molecule has 0 amide bonds. The van der Waals surface area contributed by atoms with Gasteiger partial charge in [0.05, 0.1) is 32.1 Å². The Morgan fingerprint density at radius 3 is 2.81 bits per heavy atom. The molecule has 138 valence electrons. The Morgan fingerprint density at radius 1 is 1.08 bits per heavy atom. The van der Waals surface area contributed by atoms with Crippen molar-refractivity contribution in [2.24, 2.45) is 0 Å². The number of pyridine rings is 1. The van der Waals surface area contributed by atoms with Crippen molar-refractivity contribution in [3.05, 3.63) is 48.0 Å². The number of rotatable bonds is 3. The smallest absolute Gasteiger partial charge is 0.225 e. The van der Waals surface area contributed by atoms with Crippen molar-refractivity contribution in [1.82, 2.24) is 19.9 Å². The van der Waals surface area contributed by atoms with Crippen molar-refractivity contribution >= 4 is 5.95 Å². The molecule has 1 atom stereocenters. The molecule has 2 saturated heterocycles. The van der Waals surface area contributed by atoms with E-state index < -0.39 is 0 Å². The van der Waals surface area contributed by atoms with Crippen molar-refractivity contribution in [2.75, 3.05) is 50.9 Å². The van der Waals surface area contributed by atoms with Crippen molar-refractivity contribution < 1.29 is 9.47 Å². The molecule has 0 aromatic carbocycles. The predicted molar refractivity (Wildman–Crippen MR) is 98.0 cm³/mol. The van der Waals surface area contributed by atoms with Crippen LogP contribution in [0.4, 0.5) is 5.95 Å². The van der Waals surface area contributed by atoms with Gasteiger partial charge in [-0.15, -0.1) is 0 Å². The Bertz CT molecular complexity index is 729. The number of anilines is 1. The first-order valence-electron chi connectivity index (χ1n) is 9.11. The summed E-state index contributed by atoms with van der Waals surface area (Å²) in [5, 5.41) is 0. The van der Waals surface area contributed by atoms with Crippen LogP contribution >= 0.6 is 0 Å². The van der Waals surface area contributed by atoms with E-state index in [9.17, 15) is 0 Å². The number of aromatic nitrogens is 3. The third-order valence-corrected chi connectivity index (χ3v) is 4.84. The zero-order valence-corrected chi connectivity index (χ0v) is 15.2. The van der Waals surface area contributed by atoms with Crippen LogP contribution in [0, 0.1) is 6.92 Å². The van der Waals surface area contributed by atoms with Crippen LogP contribution in [0.3, 0.4) is 0 Å². The lowest BCUT2D eigenvalue weighted by molar-refractivity contribution is -0.134. The van der Waals surface area contributed by atoms with E-state index in [4.69, 9.17) is 9.47 Å². The van der Waals surface area contributed by atoms with E-state index in [1.165, 1.54) is 0 Å². The summed E-state index contributed by atoms with van der Waals surface area (Å²) in [6, 6.07) is 8.02. The summed E-state index contributed by atoms with van der Waals surface area (Å²) in [6.45, 7) is 8.01. The van der Waals surface area contributed by atoms with E-state index in [0.29, 0.717) is 19.8 Å². The van der Waals surface area contributed by atoms with E-state index in [1.807, 2.05) is 19.1 Å². The van der Waals surface area contributed by atoms with E-state index in [-0.39, 0.29) is 5.60 Å². The van der Waals surface area contributed by atoms with Crippen molar-refractivity contribution in [2.45, 2.75) is 19.1 Å². The summed E-state index contributed by atoms with van der Waals surface area (Å²) in [5.41, 5.74) is 1.79. The zero-order valence-electron chi connectivity index (χ0n) is 15.2. The second-order valence-corrected chi connectivity index (χ2v) is 7.04. The molecule has 7 nitrogen and oxygen atoms in total. The summed E-state index contributed by atoms with van der Waals surface area (Å²) < 4.78 is 12.1. The molecule has 2 aromatic heterocycles. The molecule has 0 aliphatic carbocycles.